The van der Waals surface area contributed by atoms with Crippen LogP contribution in [0.2, 0.25) is 0 Å². The lowest BCUT2D eigenvalue weighted by Crippen LogP contribution is -2.47. The molecule has 1 aromatic rings. The predicted molar refractivity (Wildman–Crippen MR) is 47.5 cm³/mol. The van der Waals surface area contributed by atoms with Gasteiger partial charge in [0, 0.05) is 19.3 Å². The first-order chi connectivity index (χ1) is 5.70. The Labute approximate surface area is 72.0 Å². The first kappa shape index (κ1) is 7.71. The van der Waals surface area contributed by atoms with Crippen LogP contribution in [-0.4, -0.2) is 11.5 Å². The summed E-state index contributed by atoms with van der Waals surface area (Å²) in [6, 6.07) is 4.00. The van der Waals surface area contributed by atoms with Gasteiger partial charge in [-0.25, -0.2) is 0 Å². The number of nitrogens with zero attached hydrogens (tertiary/aromatic N) is 1. The van der Waals surface area contributed by atoms with E-state index in [0.29, 0.717) is 0 Å². The molecule has 2 rings (SSSR count). The third kappa shape index (κ3) is 1.11. The number of aromatic nitrogens is 1. The van der Waals surface area contributed by atoms with Gasteiger partial charge in [-0.05, 0) is 18.6 Å². The average Bonchev–Trinajstić information content (AvgIpc) is 2.04. The monoisotopic (exact) mass is 163 g/mol. The van der Waals surface area contributed by atoms with Crippen molar-refractivity contribution in [3.05, 3.63) is 29.6 Å². The van der Waals surface area contributed by atoms with E-state index in [4.69, 9.17) is 5.73 Å². The van der Waals surface area contributed by atoms with Gasteiger partial charge in [-0.1, -0.05) is 6.07 Å². The van der Waals surface area contributed by atoms with Crippen LogP contribution in [-0.2, 0) is 12.1 Å². The molecule has 64 valence electrons. The molecule has 0 radical (unpaired) electrons. The van der Waals surface area contributed by atoms with Gasteiger partial charge >= 0.3 is 0 Å². The Balaban J connectivity index is 2.52. The number of nitrogens with one attached hydrogen (secondary N) is 1. The van der Waals surface area contributed by atoms with E-state index in [-0.39, 0.29) is 5.54 Å². The molecule has 0 saturated heterocycles. The minimum Gasteiger partial charge on any atom is -0.321 e. The van der Waals surface area contributed by atoms with Crippen molar-refractivity contribution in [3.8, 4) is 0 Å². The van der Waals surface area contributed by atoms with Crippen molar-refractivity contribution < 1.29 is 0 Å². The summed E-state index contributed by atoms with van der Waals surface area (Å²) >= 11 is 0. The highest BCUT2D eigenvalue weighted by molar-refractivity contribution is 5.30. The van der Waals surface area contributed by atoms with Gasteiger partial charge in [-0.2, -0.15) is 0 Å². The van der Waals surface area contributed by atoms with Crippen LogP contribution in [0, 0.1) is 0 Å². The highest BCUT2D eigenvalue weighted by Gasteiger charge is 2.27. The second-order valence-corrected chi connectivity index (χ2v) is 3.52. The van der Waals surface area contributed by atoms with E-state index in [1.165, 1.54) is 5.56 Å². The SMILES string of the molecule is CC1(N)CNCc2ncccc21. The summed E-state index contributed by atoms with van der Waals surface area (Å²) < 4.78 is 0. The lowest BCUT2D eigenvalue weighted by atomic mass is 9.89. The second kappa shape index (κ2) is 2.54. The first-order valence-corrected chi connectivity index (χ1v) is 4.14. The molecule has 1 aliphatic rings. The van der Waals surface area contributed by atoms with Crippen LogP contribution in [0.15, 0.2) is 18.3 Å². The standard InChI is InChI=1S/C9H13N3/c1-9(10)6-11-5-8-7(9)3-2-4-12-8/h2-4,11H,5-6,10H2,1H3. The third-order valence-corrected chi connectivity index (χ3v) is 2.29. The summed E-state index contributed by atoms with van der Waals surface area (Å²) in [7, 11) is 0. The van der Waals surface area contributed by atoms with Crippen LogP contribution in [0.1, 0.15) is 18.2 Å². The van der Waals surface area contributed by atoms with Crippen LogP contribution in [0.5, 0.6) is 0 Å². The molecule has 0 fully saturated rings. The van der Waals surface area contributed by atoms with Crippen LogP contribution in [0.4, 0.5) is 0 Å². The van der Waals surface area contributed by atoms with Gasteiger partial charge in [-0.15, -0.1) is 0 Å². The van der Waals surface area contributed by atoms with Gasteiger partial charge < -0.3 is 11.1 Å². The number of pyridine rings is 1. The van der Waals surface area contributed by atoms with E-state index in [1.54, 1.807) is 0 Å². The van der Waals surface area contributed by atoms with E-state index < -0.39 is 0 Å². The third-order valence-electron chi connectivity index (χ3n) is 2.29. The molecule has 0 aromatic carbocycles. The molecule has 0 bridgehead atoms. The molecular weight excluding hydrogens is 150 g/mol. The fourth-order valence-electron chi connectivity index (χ4n) is 1.63. The molecule has 1 aromatic heterocycles. The van der Waals surface area contributed by atoms with Gasteiger partial charge in [0.15, 0.2) is 0 Å². The molecule has 0 aliphatic carbocycles. The van der Waals surface area contributed by atoms with Gasteiger partial charge in [-0.3, -0.25) is 4.98 Å². The van der Waals surface area contributed by atoms with Crippen LogP contribution in [0.3, 0.4) is 0 Å². The molecule has 1 aliphatic heterocycles. The minimum absolute atomic E-state index is 0.262. The van der Waals surface area contributed by atoms with Crippen molar-refractivity contribution in [2.24, 2.45) is 5.73 Å². The summed E-state index contributed by atoms with van der Waals surface area (Å²) in [5.41, 5.74) is 8.07. The second-order valence-electron chi connectivity index (χ2n) is 3.52. The first-order valence-electron chi connectivity index (χ1n) is 4.14. The molecule has 1 unspecified atom stereocenters. The fraction of sp³-hybridized carbons (Fsp3) is 0.444. The van der Waals surface area contributed by atoms with E-state index in [9.17, 15) is 0 Å². The van der Waals surface area contributed by atoms with Crippen molar-refractivity contribution in [2.45, 2.75) is 19.0 Å². The molecule has 0 saturated carbocycles. The average molecular weight is 163 g/mol. The number of rotatable bonds is 0. The van der Waals surface area contributed by atoms with Gasteiger partial charge in [0.25, 0.3) is 0 Å². The Hall–Kier alpha value is -0.930. The Morgan fingerprint density at radius 2 is 2.50 bits per heavy atom. The van der Waals surface area contributed by atoms with E-state index in [1.807, 2.05) is 19.2 Å². The van der Waals surface area contributed by atoms with Crippen LogP contribution < -0.4 is 11.1 Å². The van der Waals surface area contributed by atoms with Crippen LogP contribution in [0.25, 0.3) is 0 Å². The summed E-state index contributed by atoms with van der Waals surface area (Å²) in [6.07, 6.45) is 1.81. The largest absolute Gasteiger partial charge is 0.321 e. The molecule has 1 atom stereocenters. The van der Waals surface area contributed by atoms with Gasteiger partial charge in [0.05, 0.1) is 11.2 Å². The zero-order chi connectivity index (χ0) is 8.60. The van der Waals surface area contributed by atoms with Crippen molar-refractivity contribution >= 4 is 0 Å². The highest BCUT2D eigenvalue weighted by Crippen LogP contribution is 2.22. The molecule has 0 amide bonds. The van der Waals surface area contributed by atoms with Crippen molar-refractivity contribution in [3.63, 3.8) is 0 Å². The number of hydrogen-bond acceptors (Lipinski definition) is 3. The summed E-state index contributed by atoms with van der Waals surface area (Å²) in [5.74, 6) is 0. The molecule has 3 N–H and O–H groups in total. The highest BCUT2D eigenvalue weighted by atomic mass is 15.0. The molecule has 3 heteroatoms. The smallest absolute Gasteiger partial charge is 0.0592 e. The molecule has 2 heterocycles. The van der Waals surface area contributed by atoms with Gasteiger partial charge in [0.2, 0.25) is 0 Å². The maximum Gasteiger partial charge on any atom is 0.0592 e. The quantitative estimate of drug-likeness (QED) is 0.580. The van der Waals surface area contributed by atoms with E-state index >= 15 is 0 Å². The molecule has 3 nitrogen and oxygen atoms in total. The van der Waals surface area contributed by atoms with Crippen molar-refractivity contribution in [1.82, 2.24) is 10.3 Å². The number of hydrogen-bond donors (Lipinski definition) is 2. The zero-order valence-corrected chi connectivity index (χ0v) is 7.17. The summed E-state index contributed by atoms with van der Waals surface area (Å²) in [6.45, 7) is 3.69. The summed E-state index contributed by atoms with van der Waals surface area (Å²) in [5, 5.41) is 3.24. The van der Waals surface area contributed by atoms with Crippen LogP contribution >= 0.6 is 0 Å². The number of nitrogens with two attached hydrogens (primary N) is 1. The lowest BCUT2D eigenvalue weighted by Gasteiger charge is -2.31. The molecule has 0 spiro atoms. The topological polar surface area (TPSA) is 50.9 Å². The Morgan fingerprint density at radius 3 is 3.25 bits per heavy atom. The van der Waals surface area contributed by atoms with Crippen molar-refractivity contribution in [1.29, 1.82) is 0 Å². The zero-order valence-electron chi connectivity index (χ0n) is 7.17. The minimum atomic E-state index is -0.262. The van der Waals surface area contributed by atoms with Crippen molar-refractivity contribution in [2.75, 3.05) is 6.54 Å². The Kier molecular flexibility index (Phi) is 1.63. The Morgan fingerprint density at radius 1 is 1.67 bits per heavy atom. The van der Waals surface area contributed by atoms with E-state index in [0.717, 1.165) is 18.8 Å². The maximum absolute atomic E-state index is 6.09. The molecule has 12 heavy (non-hydrogen) atoms. The lowest BCUT2D eigenvalue weighted by molar-refractivity contribution is 0.408. The van der Waals surface area contributed by atoms with Gasteiger partial charge in [0.1, 0.15) is 0 Å². The predicted octanol–water partition coefficient (Wildman–Crippen LogP) is 0.359. The Bertz CT molecular complexity index is 294. The molecular formula is C9H13N3. The number of fused-ring (bicyclic) bond motifs is 1. The maximum atomic E-state index is 6.09. The normalized spacial score (nSPS) is 28.2. The fourth-order valence-corrected chi connectivity index (χ4v) is 1.63. The van der Waals surface area contributed by atoms with E-state index in [2.05, 4.69) is 16.4 Å². The summed E-state index contributed by atoms with van der Waals surface area (Å²) in [4.78, 5) is 4.27.